The molecule has 1 aromatic carbocycles. The molecule has 0 saturated heterocycles. The van der Waals surface area contributed by atoms with E-state index in [-0.39, 0.29) is 11.8 Å². The highest BCUT2D eigenvalue weighted by Gasteiger charge is 2.34. The van der Waals surface area contributed by atoms with Crippen molar-refractivity contribution in [1.29, 1.82) is 0 Å². The molecule has 0 aliphatic rings. The first-order valence-electron chi connectivity index (χ1n) is 5.64. The third-order valence-corrected chi connectivity index (χ3v) is 2.69. The van der Waals surface area contributed by atoms with Crippen LogP contribution in [0.3, 0.4) is 0 Å². The van der Waals surface area contributed by atoms with Gasteiger partial charge < -0.3 is 5.73 Å². The van der Waals surface area contributed by atoms with Crippen LogP contribution in [-0.2, 0) is 12.4 Å². The summed E-state index contributed by atoms with van der Waals surface area (Å²) in [5.41, 5.74) is 1.58. The maximum absolute atomic E-state index is 12.5. The summed E-state index contributed by atoms with van der Waals surface area (Å²) < 4.78 is 75.3. The Morgan fingerprint density at radius 3 is 1.91 bits per heavy atom. The van der Waals surface area contributed by atoms with Gasteiger partial charge in [-0.3, -0.25) is 4.79 Å². The average molecular weight is 323 g/mol. The smallest absolute Gasteiger partial charge is 0.369 e. The first kappa shape index (κ1) is 15.9. The molecule has 0 fully saturated rings. The number of rotatable bonds is 1. The number of hydrogen-bond donors (Lipinski definition) is 1. The van der Waals surface area contributed by atoms with E-state index in [4.69, 9.17) is 5.73 Å². The van der Waals surface area contributed by atoms with Crippen LogP contribution in [0.2, 0.25) is 0 Å². The summed E-state index contributed by atoms with van der Waals surface area (Å²) in [6, 6.07) is 3.40. The van der Waals surface area contributed by atoms with Gasteiger partial charge in [-0.25, -0.2) is 9.55 Å². The molecule has 0 aliphatic heterocycles. The maximum Gasteiger partial charge on any atom is 0.433 e. The summed E-state index contributed by atoms with van der Waals surface area (Å²) in [7, 11) is 0. The summed E-state index contributed by atoms with van der Waals surface area (Å²) in [5.74, 6) is -0.778. The Bertz CT molecular complexity index is 745. The molecule has 0 bridgehead atoms. The molecule has 22 heavy (non-hydrogen) atoms. The Hall–Kier alpha value is -2.52. The SMILES string of the molecule is Nc1nc(C(F)(F)F)cc(=O)n1-c1ccc(C(F)(F)F)cc1. The van der Waals surface area contributed by atoms with Crippen LogP contribution in [0.1, 0.15) is 11.3 Å². The lowest BCUT2D eigenvalue weighted by Gasteiger charge is -2.13. The Morgan fingerprint density at radius 2 is 1.50 bits per heavy atom. The molecule has 1 aromatic heterocycles. The fourth-order valence-electron chi connectivity index (χ4n) is 1.70. The van der Waals surface area contributed by atoms with Crippen LogP contribution in [0.25, 0.3) is 5.69 Å². The van der Waals surface area contributed by atoms with Crippen LogP contribution in [0.5, 0.6) is 0 Å². The van der Waals surface area contributed by atoms with E-state index >= 15 is 0 Å². The monoisotopic (exact) mass is 323 g/mol. The largest absolute Gasteiger partial charge is 0.433 e. The summed E-state index contributed by atoms with van der Waals surface area (Å²) in [4.78, 5) is 14.8. The number of nitrogens with two attached hydrogens (primary N) is 1. The lowest BCUT2D eigenvalue weighted by Crippen LogP contribution is -2.25. The predicted molar refractivity (Wildman–Crippen MR) is 64.3 cm³/mol. The van der Waals surface area contributed by atoms with Crippen molar-refractivity contribution in [3.05, 3.63) is 51.9 Å². The van der Waals surface area contributed by atoms with E-state index in [2.05, 4.69) is 4.98 Å². The normalized spacial score (nSPS) is 12.5. The molecule has 0 unspecified atom stereocenters. The second-order valence-electron chi connectivity index (χ2n) is 4.22. The first-order valence-corrected chi connectivity index (χ1v) is 5.64. The van der Waals surface area contributed by atoms with Gasteiger partial charge in [0.25, 0.3) is 5.56 Å². The molecule has 2 rings (SSSR count). The highest BCUT2D eigenvalue weighted by Crippen LogP contribution is 2.30. The second-order valence-corrected chi connectivity index (χ2v) is 4.22. The zero-order valence-electron chi connectivity index (χ0n) is 10.5. The number of nitrogens with zero attached hydrogens (tertiary/aromatic N) is 2. The molecule has 0 saturated carbocycles. The highest BCUT2D eigenvalue weighted by molar-refractivity contribution is 5.41. The lowest BCUT2D eigenvalue weighted by atomic mass is 10.2. The van der Waals surface area contributed by atoms with Gasteiger partial charge in [-0.2, -0.15) is 26.3 Å². The van der Waals surface area contributed by atoms with Crippen molar-refractivity contribution < 1.29 is 26.3 Å². The predicted octanol–water partition coefficient (Wildman–Crippen LogP) is 2.85. The molecule has 4 nitrogen and oxygen atoms in total. The van der Waals surface area contributed by atoms with E-state index in [1.54, 1.807) is 0 Å². The Morgan fingerprint density at radius 1 is 0.955 bits per heavy atom. The standard InChI is InChI=1S/C12H7F6N3O/c13-11(14,15)6-1-3-7(4-2-6)21-9(22)5-8(12(16,17)18)20-10(21)19/h1-5H,(H2,19,20). The molecular formula is C12H7F6N3O. The molecule has 0 amide bonds. The van der Waals surface area contributed by atoms with Gasteiger partial charge in [0.2, 0.25) is 5.95 Å². The first-order chi connectivity index (χ1) is 10.00. The van der Waals surface area contributed by atoms with Crippen LogP contribution in [0.4, 0.5) is 32.3 Å². The summed E-state index contributed by atoms with van der Waals surface area (Å²) in [6.07, 6.45) is -9.43. The van der Waals surface area contributed by atoms with Crippen LogP contribution in [0.15, 0.2) is 35.1 Å². The quantitative estimate of drug-likeness (QED) is 0.821. The van der Waals surface area contributed by atoms with E-state index in [0.29, 0.717) is 16.7 Å². The molecule has 0 radical (unpaired) electrons. The summed E-state index contributed by atoms with van der Waals surface area (Å²) >= 11 is 0. The van der Waals surface area contributed by atoms with Gasteiger partial charge >= 0.3 is 12.4 Å². The van der Waals surface area contributed by atoms with Crippen LogP contribution < -0.4 is 11.3 Å². The van der Waals surface area contributed by atoms with Crippen LogP contribution in [-0.4, -0.2) is 9.55 Å². The van der Waals surface area contributed by atoms with Gasteiger partial charge in [-0.05, 0) is 24.3 Å². The molecule has 1 heterocycles. The number of benzene rings is 1. The topological polar surface area (TPSA) is 60.9 Å². The van der Waals surface area contributed by atoms with Gasteiger partial charge in [0.15, 0.2) is 5.69 Å². The van der Waals surface area contributed by atoms with E-state index in [1.807, 2.05) is 0 Å². The molecule has 2 aromatic rings. The van der Waals surface area contributed by atoms with Crippen molar-refractivity contribution >= 4 is 5.95 Å². The third-order valence-electron chi connectivity index (χ3n) is 2.69. The van der Waals surface area contributed by atoms with Crippen molar-refractivity contribution in [3.63, 3.8) is 0 Å². The molecule has 118 valence electrons. The number of anilines is 1. The highest BCUT2D eigenvalue weighted by atomic mass is 19.4. The minimum Gasteiger partial charge on any atom is -0.369 e. The Kier molecular flexibility index (Phi) is 3.63. The zero-order valence-corrected chi connectivity index (χ0v) is 10.5. The third kappa shape index (κ3) is 3.05. The van der Waals surface area contributed by atoms with Gasteiger partial charge in [0.05, 0.1) is 11.3 Å². The van der Waals surface area contributed by atoms with Crippen molar-refractivity contribution in [1.82, 2.24) is 9.55 Å². The molecule has 0 atom stereocenters. The summed E-state index contributed by atoms with van der Waals surface area (Å²) in [6.45, 7) is 0. The van der Waals surface area contributed by atoms with Crippen molar-refractivity contribution in [2.24, 2.45) is 0 Å². The maximum atomic E-state index is 12.5. The second kappa shape index (κ2) is 5.04. The number of alkyl halides is 6. The number of halogens is 6. The summed E-state index contributed by atoms with van der Waals surface area (Å²) in [5, 5.41) is 0. The lowest BCUT2D eigenvalue weighted by molar-refractivity contribution is -0.141. The minimum absolute atomic E-state index is 0.128. The van der Waals surface area contributed by atoms with E-state index < -0.39 is 35.1 Å². The van der Waals surface area contributed by atoms with Gasteiger partial charge in [0, 0.05) is 6.07 Å². The number of aromatic nitrogens is 2. The molecular weight excluding hydrogens is 316 g/mol. The minimum atomic E-state index is -4.85. The molecule has 0 spiro atoms. The Labute approximate surface area is 118 Å². The van der Waals surface area contributed by atoms with Crippen LogP contribution in [0, 0.1) is 0 Å². The molecule has 10 heteroatoms. The molecule has 2 N–H and O–H groups in total. The Balaban J connectivity index is 2.52. The zero-order chi connectivity index (χ0) is 16.7. The van der Waals surface area contributed by atoms with Gasteiger partial charge in [0.1, 0.15) is 0 Å². The molecule has 0 aliphatic carbocycles. The van der Waals surface area contributed by atoms with E-state index in [0.717, 1.165) is 12.1 Å². The van der Waals surface area contributed by atoms with Crippen molar-refractivity contribution in [2.45, 2.75) is 12.4 Å². The number of hydrogen-bond acceptors (Lipinski definition) is 3. The van der Waals surface area contributed by atoms with Crippen molar-refractivity contribution in [2.75, 3.05) is 5.73 Å². The fraction of sp³-hybridized carbons (Fsp3) is 0.167. The van der Waals surface area contributed by atoms with Gasteiger partial charge in [-0.15, -0.1) is 0 Å². The van der Waals surface area contributed by atoms with E-state index in [1.165, 1.54) is 0 Å². The van der Waals surface area contributed by atoms with Gasteiger partial charge in [-0.1, -0.05) is 0 Å². The van der Waals surface area contributed by atoms with E-state index in [9.17, 15) is 31.1 Å². The van der Waals surface area contributed by atoms with Crippen LogP contribution >= 0.6 is 0 Å². The number of nitrogen functional groups attached to an aromatic ring is 1. The van der Waals surface area contributed by atoms with Crippen molar-refractivity contribution in [3.8, 4) is 5.69 Å². The average Bonchev–Trinajstić information content (AvgIpc) is 2.36. The fourth-order valence-corrected chi connectivity index (χ4v) is 1.70.